The second-order valence-corrected chi connectivity index (χ2v) is 8.14. The van der Waals surface area contributed by atoms with Gasteiger partial charge in [-0.05, 0) is 25.1 Å². The number of anilines is 1. The molecular weight excluding hydrogens is 444 g/mol. The molecule has 1 amide bonds. The van der Waals surface area contributed by atoms with Gasteiger partial charge in [0.2, 0.25) is 11.9 Å². The highest BCUT2D eigenvalue weighted by molar-refractivity contribution is 9.10. The van der Waals surface area contributed by atoms with Crippen LogP contribution in [0.25, 0.3) is 15.3 Å². The van der Waals surface area contributed by atoms with Crippen molar-refractivity contribution in [1.29, 1.82) is 0 Å². The van der Waals surface area contributed by atoms with Gasteiger partial charge < -0.3 is 14.8 Å². The van der Waals surface area contributed by atoms with E-state index in [9.17, 15) is 4.79 Å². The maximum Gasteiger partial charge on any atom is 0.256 e. The van der Waals surface area contributed by atoms with Crippen molar-refractivity contribution in [3.05, 3.63) is 58.2 Å². The van der Waals surface area contributed by atoms with Crippen LogP contribution in [0.4, 0.5) is 5.82 Å². The van der Waals surface area contributed by atoms with Crippen LogP contribution in [0.5, 0.6) is 11.5 Å². The van der Waals surface area contributed by atoms with E-state index in [2.05, 4.69) is 31.3 Å². The molecule has 0 atom stereocenters. The van der Waals surface area contributed by atoms with Crippen LogP contribution in [-0.2, 0) is 0 Å². The lowest BCUT2D eigenvalue weighted by Crippen LogP contribution is -2.15. The first-order chi connectivity index (χ1) is 13.6. The summed E-state index contributed by atoms with van der Waals surface area (Å²) in [5.41, 5.74) is 2.12. The molecule has 0 unspecified atom stereocenters. The topological polar surface area (TPSA) is 78.3 Å². The summed E-state index contributed by atoms with van der Waals surface area (Å²) in [6, 6.07) is 12.8. The first-order valence-corrected chi connectivity index (χ1v) is 10.0. The third kappa shape index (κ3) is 3.02. The smallest absolute Gasteiger partial charge is 0.256 e. The number of hydrogen-bond donors (Lipinski definition) is 1. The van der Waals surface area contributed by atoms with E-state index in [4.69, 9.17) is 9.47 Å². The summed E-state index contributed by atoms with van der Waals surface area (Å²) in [5, 5.41) is 8.07. The predicted molar refractivity (Wildman–Crippen MR) is 110 cm³/mol. The summed E-state index contributed by atoms with van der Waals surface area (Å²) >= 11 is 4.85. The molecule has 7 nitrogen and oxygen atoms in total. The van der Waals surface area contributed by atoms with E-state index < -0.39 is 0 Å². The number of rotatable bonds is 3. The van der Waals surface area contributed by atoms with Gasteiger partial charge in [-0.25, -0.2) is 4.98 Å². The number of ether oxygens (including phenoxy) is 2. The molecule has 28 heavy (non-hydrogen) atoms. The Kier molecular flexibility index (Phi) is 4.06. The summed E-state index contributed by atoms with van der Waals surface area (Å²) in [6.45, 7) is 2.10. The first kappa shape index (κ1) is 17.2. The molecule has 2 aromatic heterocycles. The quantitative estimate of drug-likeness (QED) is 0.489. The van der Waals surface area contributed by atoms with Gasteiger partial charge in [0.25, 0.3) is 5.91 Å². The Balaban J connectivity index is 1.51. The van der Waals surface area contributed by atoms with E-state index in [-0.39, 0.29) is 12.7 Å². The Hall–Kier alpha value is -2.91. The minimum atomic E-state index is -0.218. The molecule has 5 rings (SSSR count). The number of fused-ring (bicyclic) bond motifs is 2. The minimum absolute atomic E-state index is 0.218. The Morgan fingerprint density at radius 3 is 2.86 bits per heavy atom. The molecule has 0 saturated carbocycles. The summed E-state index contributed by atoms with van der Waals surface area (Å²) in [6.07, 6.45) is 0. The van der Waals surface area contributed by atoms with Crippen LogP contribution in [-0.4, -0.2) is 27.5 Å². The van der Waals surface area contributed by atoms with E-state index in [1.54, 1.807) is 16.8 Å². The van der Waals surface area contributed by atoms with Gasteiger partial charge in [-0.15, -0.1) is 0 Å². The minimum Gasteiger partial charge on any atom is -0.454 e. The molecule has 0 fully saturated rings. The molecule has 0 bridgehead atoms. The molecule has 0 aliphatic carbocycles. The van der Waals surface area contributed by atoms with Crippen LogP contribution < -0.4 is 14.8 Å². The average Bonchev–Trinajstić information content (AvgIpc) is 3.37. The molecule has 0 saturated heterocycles. The number of aryl methyl sites for hydroxylation is 1. The van der Waals surface area contributed by atoms with Crippen molar-refractivity contribution in [3.8, 4) is 16.6 Å². The van der Waals surface area contributed by atoms with Crippen molar-refractivity contribution < 1.29 is 14.3 Å². The van der Waals surface area contributed by atoms with Crippen molar-refractivity contribution in [1.82, 2.24) is 14.8 Å². The number of hydrogen-bond acceptors (Lipinski definition) is 6. The summed E-state index contributed by atoms with van der Waals surface area (Å²) in [7, 11) is 0. The fourth-order valence-corrected chi connectivity index (χ4v) is 4.29. The van der Waals surface area contributed by atoms with Crippen molar-refractivity contribution in [3.63, 3.8) is 0 Å². The van der Waals surface area contributed by atoms with E-state index in [0.29, 0.717) is 28.0 Å². The van der Waals surface area contributed by atoms with E-state index in [1.807, 2.05) is 37.3 Å². The Bertz CT molecular complexity index is 1190. The summed E-state index contributed by atoms with van der Waals surface area (Å²) < 4.78 is 14.3. The van der Waals surface area contributed by atoms with Crippen molar-refractivity contribution >= 4 is 49.2 Å². The molecular formula is C19H13BrN4O3S. The molecule has 1 aliphatic heterocycles. The number of thiazole rings is 1. The highest BCUT2D eigenvalue weighted by atomic mass is 79.9. The number of nitrogens with zero attached hydrogens (tertiary/aromatic N) is 3. The number of halogens is 1. The van der Waals surface area contributed by atoms with E-state index in [1.165, 1.54) is 11.3 Å². The van der Waals surface area contributed by atoms with Crippen LogP contribution in [0.15, 0.2) is 46.9 Å². The largest absolute Gasteiger partial charge is 0.454 e. The van der Waals surface area contributed by atoms with Gasteiger partial charge in [-0.1, -0.05) is 33.3 Å². The van der Waals surface area contributed by atoms with Crippen molar-refractivity contribution in [2.24, 2.45) is 0 Å². The molecule has 3 heterocycles. The monoisotopic (exact) mass is 456 g/mol. The van der Waals surface area contributed by atoms with Crippen LogP contribution in [0.1, 0.15) is 16.1 Å². The van der Waals surface area contributed by atoms with Crippen molar-refractivity contribution in [2.45, 2.75) is 6.92 Å². The molecule has 1 aliphatic rings. The van der Waals surface area contributed by atoms with E-state index in [0.717, 1.165) is 20.4 Å². The number of carbonyl (C=O) groups is 1. The first-order valence-electron chi connectivity index (χ1n) is 8.41. The maximum absolute atomic E-state index is 12.6. The fourth-order valence-electron chi connectivity index (χ4n) is 2.95. The second kappa shape index (κ2) is 6.61. The van der Waals surface area contributed by atoms with Crippen molar-refractivity contribution in [2.75, 3.05) is 12.1 Å². The Labute approximate surface area is 172 Å². The van der Waals surface area contributed by atoms with Crippen LogP contribution in [0, 0.1) is 6.92 Å². The number of aromatic nitrogens is 3. The maximum atomic E-state index is 12.6. The number of carbonyl (C=O) groups excluding carboxylic acids is 1. The third-order valence-corrected chi connectivity index (χ3v) is 5.70. The van der Waals surface area contributed by atoms with Gasteiger partial charge in [-0.2, -0.15) is 9.78 Å². The third-order valence-electron chi connectivity index (χ3n) is 4.21. The van der Waals surface area contributed by atoms with Gasteiger partial charge in [0.05, 0.1) is 15.9 Å². The zero-order valence-electron chi connectivity index (χ0n) is 14.6. The SMILES string of the molecule is Cc1cc(NC(=O)c2cccc(Br)c2)n(-c2nc3cc4c(cc3s2)OCO4)n1. The normalized spacial score (nSPS) is 12.5. The average molecular weight is 457 g/mol. The molecule has 9 heteroatoms. The van der Waals surface area contributed by atoms with Gasteiger partial charge in [0, 0.05) is 28.2 Å². The predicted octanol–water partition coefficient (Wildman–Crippen LogP) is 4.53. The molecule has 0 radical (unpaired) electrons. The highest BCUT2D eigenvalue weighted by Gasteiger charge is 2.19. The van der Waals surface area contributed by atoms with Crippen LogP contribution in [0.3, 0.4) is 0 Å². The van der Waals surface area contributed by atoms with Gasteiger partial charge >= 0.3 is 0 Å². The lowest BCUT2D eigenvalue weighted by Gasteiger charge is -2.06. The molecule has 0 spiro atoms. The summed E-state index contributed by atoms with van der Waals surface area (Å²) in [4.78, 5) is 17.3. The molecule has 1 N–H and O–H groups in total. The second-order valence-electron chi connectivity index (χ2n) is 6.22. The Morgan fingerprint density at radius 1 is 1.21 bits per heavy atom. The number of benzene rings is 2. The Morgan fingerprint density at radius 2 is 2.04 bits per heavy atom. The zero-order chi connectivity index (χ0) is 19.3. The standard InChI is InChI=1S/C19H13BrN4O3S/c1-10-5-17(22-18(25)11-3-2-4-12(20)6-11)24(23-10)19-21-13-7-14-15(27-9-26-14)8-16(13)28-19/h2-8H,9H2,1H3,(H,22,25). The van der Waals surface area contributed by atoms with Gasteiger partial charge in [0.1, 0.15) is 5.82 Å². The fraction of sp³-hybridized carbons (Fsp3) is 0.105. The number of nitrogens with one attached hydrogen (secondary N) is 1. The zero-order valence-corrected chi connectivity index (χ0v) is 17.0. The van der Waals surface area contributed by atoms with E-state index >= 15 is 0 Å². The highest BCUT2D eigenvalue weighted by Crippen LogP contribution is 2.39. The molecule has 4 aromatic rings. The molecule has 140 valence electrons. The number of amides is 1. The molecule has 2 aromatic carbocycles. The lowest BCUT2D eigenvalue weighted by atomic mass is 10.2. The summed E-state index contributed by atoms with van der Waals surface area (Å²) in [5.74, 6) is 1.73. The van der Waals surface area contributed by atoms with Crippen LogP contribution >= 0.6 is 27.3 Å². The van der Waals surface area contributed by atoms with Crippen LogP contribution in [0.2, 0.25) is 0 Å². The van der Waals surface area contributed by atoms with Gasteiger partial charge in [0.15, 0.2) is 11.5 Å². The van der Waals surface area contributed by atoms with Gasteiger partial charge in [-0.3, -0.25) is 4.79 Å². The lowest BCUT2D eigenvalue weighted by molar-refractivity contribution is 0.102.